The first-order valence-corrected chi connectivity index (χ1v) is 6.94. The Balaban J connectivity index is 2.27. The third-order valence-corrected chi connectivity index (χ3v) is 3.66. The minimum atomic E-state index is 0.563. The van der Waals surface area contributed by atoms with E-state index in [0.717, 1.165) is 37.9 Å². The largest absolute Gasteiger partial charge is 0.317 e. The molecule has 96 valence electrons. The second-order valence-electron chi connectivity index (χ2n) is 5.66. The summed E-state index contributed by atoms with van der Waals surface area (Å²) in [7, 11) is 0. The van der Waals surface area contributed by atoms with Crippen molar-refractivity contribution >= 4 is 0 Å². The van der Waals surface area contributed by atoms with Crippen LogP contribution in [0.4, 0.5) is 0 Å². The number of rotatable bonds is 3. The van der Waals surface area contributed by atoms with Crippen LogP contribution in [-0.4, -0.2) is 13.1 Å². The molecule has 0 aromatic heterocycles. The van der Waals surface area contributed by atoms with Crippen LogP contribution in [0.15, 0.2) is 18.2 Å². The molecule has 0 spiro atoms. The van der Waals surface area contributed by atoms with Gasteiger partial charge in [0.2, 0.25) is 0 Å². The molecule has 0 bridgehead atoms. The summed E-state index contributed by atoms with van der Waals surface area (Å²) >= 11 is 0. The number of hydrogen-bond donors (Lipinski definition) is 1. The molecule has 0 atom stereocenters. The Morgan fingerprint density at radius 3 is 2.67 bits per heavy atom. The first-order valence-electron chi connectivity index (χ1n) is 6.94. The predicted octanol–water partition coefficient (Wildman–Crippen LogP) is 3.22. The Morgan fingerprint density at radius 2 is 2.06 bits per heavy atom. The van der Waals surface area contributed by atoms with Crippen molar-refractivity contribution in [1.82, 2.24) is 5.32 Å². The smallest absolute Gasteiger partial charge is 0.0994 e. The molecular formula is C16H22N2. The van der Waals surface area contributed by atoms with Gasteiger partial charge >= 0.3 is 0 Å². The van der Waals surface area contributed by atoms with Gasteiger partial charge in [0.1, 0.15) is 0 Å². The molecule has 1 saturated heterocycles. The number of piperidine rings is 1. The van der Waals surface area contributed by atoms with Gasteiger partial charge in [0.05, 0.1) is 11.6 Å². The molecule has 1 aliphatic rings. The highest BCUT2D eigenvalue weighted by Crippen LogP contribution is 2.29. The summed E-state index contributed by atoms with van der Waals surface area (Å²) in [6.45, 7) is 6.62. The number of hydrogen-bond acceptors (Lipinski definition) is 2. The number of nitrogens with one attached hydrogen (secondary N) is 1. The molecule has 1 N–H and O–H groups in total. The van der Waals surface area contributed by atoms with Gasteiger partial charge in [-0.25, -0.2) is 0 Å². The average Bonchev–Trinajstić information content (AvgIpc) is 2.39. The quantitative estimate of drug-likeness (QED) is 0.883. The third-order valence-electron chi connectivity index (χ3n) is 3.66. The second-order valence-corrected chi connectivity index (χ2v) is 5.66. The first kappa shape index (κ1) is 13.1. The topological polar surface area (TPSA) is 35.8 Å². The standard InChI is InChI=1S/C16H22N2/c1-12(2)9-13-3-4-15(11-17)16(10-13)14-5-7-18-8-6-14/h3-4,10,12,14,18H,5-9H2,1-2H3. The van der Waals surface area contributed by atoms with Gasteiger partial charge in [-0.05, 0) is 61.4 Å². The Labute approximate surface area is 110 Å². The lowest BCUT2D eigenvalue weighted by Gasteiger charge is -2.24. The van der Waals surface area contributed by atoms with Crippen LogP contribution in [0, 0.1) is 17.2 Å². The van der Waals surface area contributed by atoms with E-state index in [-0.39, 0.29) is 0 Å². The highest BCUT2D eigenvalue weighted by Gasteiger charge is 2.18. The van der Waals surface area contributed by atoms with E-state index in [2.05, 4.69) is 37.4 Å². The molecule has 1 fully saturated rings. The molecule has 2 rings (SSSR count). The molecule has 1 aromatic carbocycles. The van der Waals surface area contributed by atoms with E-state index in [9.17, 15) is 5.26 Å². The Hall–Kier alpha value is -1.33. The van der Waals surface area contributed by atoms with Gasteiger partial charge in [-0.1, -0.05) is 26.0 Å². The van der Waals surface area contributed by atoms with Gasteiger partial charge in [-0.2, -0.15) is 5.26 Å². The van der Waals surface area contributed by atoms with E-state index >= 15 is 0 Å². The van der Waals surface area contributed by atoms with Crippen molar-refractivity contribution in [3.8, 4) is 6.07 Å². The van der Waals surface area contributed by atoms with Gasteiger partial charge in [-0.3, -0.25) is 0 Å². The fourth-order valence-corrected chi connectivity index (χ4v) is 2.78. The summed E-state index contributed by atoms with van der Waals surface area (Å²) in [6.07, 6.45) is 3.41. The zero-order valence-corrected chi connectivity index (χ0v) is 11.4. The Morgan fingerprint density at radius 1 is 1.33 bits per heavy atom. The molecule has 0 aliphatic carbocycles. The van der Waals surface area contributed by atoms with Crippen LogP contribution >= 0.6 is 0 Å². The average molecular weight is 242 g/mol. The zero-order chi connectivity index (χ0) is 13.0. The Bertz CT molecular complexity index is 437. The molecular weight excluding hydrogens is 220 g/mol. The van der Waals surface area contributed by atoms with Crippen molar-refractivity contribution in [3.05, 3.63) is 34.9 Å². The fourth-order valence-electron chi connectivity index (χ4n) is 2.78. The fraction of sp³-hybridized carbons (Fsp3) is 0.562. The van der Waals surface area contributed by atoms with Crippen LogP contribution < -0.4 is 5.32 Å². The highest BCUT2D eigenvalue weighted by molar-refractivity contribution is 5.42. The summed E-state index contributed by atoms with van der Waals surface area (Å²) in [4.78, 5) is 0. The first-order chi connectivity index (χ1) is 8.70. The van der Waals surface area contributed by atoms with Crippen molar-refractivity contribution in [2.24, 2.45) is 5.92 Å². The molecule has 2 heteroatoms. The van der Waals surface area contributed by atoms with Gasteiger partial charge in [-0.15, -0.1) is 0 Å². The highest BCUT2D eigenvalue weighted by atomic mass is 14.9. The Kier molecular flexibility index (Phi) is 4.38. The van der Waals surface area contributed by atoms with Crippen LogP contribution in [0.3, 0.4) is 0 Å². The number of nitriles is 1. The molecule has 0 unspecified atom stereocenters. The third kappa shape index (κ3) is 3.11. The van der Waals surface area contributed by atoms with Crippen molar-refractivity contribution in [2.75, 3.05) is 13.1 Å². The summed E-state index contributed by atoms with van der Waals surface area (Å²) < 4.78 is 0. The maximum absolute atomic E-state index is 9.26. The molecule has 1 aromatic rings. The monoisotopic (exact) mass is 242 g/mol. The lowest BCUT2D eigenvalue weighted by molar-refractivity contribution is 0.459. The zero-order valence-electron chi connectivity index (χ0n) is 11.4. The van der Waals surface area contributed by atoms with Gasteiger partial charge in [0.25, 0.3) is 0 Å². The van der Waals surface area contributed by atoms with E-state index in [1.54, 1.807) is 0 Å². The van der Waals surface area contributed by atoms with E-state index in [4.69, 9.17) is 0 Å². The molecule has 0 saturated carbocycles. The molecule has 1 aliphatic heterocycles. The van der Waals surface area contributed by atoms with Gasteiger partial charge in [0, 0.05) is 0 Å². The summed E-state index contributed by atoms with van der Waals surface area (Å²) in [6, 6.07) is 8.75. The van der Waals surface area contributed by atoms with Crippen LogP contribution in [0.25, 0.3) is 0 Å². The van der Waals surface area contributed by atoms with Gasteiger partial charge in [0.15, 0.2) is 0 Å². The summed E-state index contributed by atoms with van der Waals surface area (Å²) in [5.74, 6) is 1.23. The van der Waals surface area contributed by atoms with Crippen molar-refractivity contribution in [1.29, 1.82) is 5.26 Å². The normalized spacial score (nSPS) is 16.8. The van der Waals surface area contributed by atoms with Gasteiger partial charge < -0.3 is 5.32 Å². The number of nitrogens with zero attached hydrogens (tertiary/aromatic N) is 1. The number of benzene rings is 1. The summed E-state index contributed by atoms with van der Waals surface area (Å²) in [5.41, 5.74) is 3.52. The van der Waals surface area contributed by atoms with Crippen molar-refractivity contribution < 1.29 is 0 Å². The lowest BCUT2D eigenvalue weighted by atomic mass is 9.85. The minimum absolute atomic E-state index is 0.563. The molecule has 2 nitrogen and oxygen atoms in total. The van der Waals surface area contributed by atoms with E-state index in [0.29, 0.717) is 11.8 Å². The van der Waals surface area contributed by atoms with Crippen molar-refractivity contribution in [2.45, 2.75) is 39.0 Å². The maximum Gasteiger partial charge on any atom is 0.0994 e. The van der Waals surface area contributed by atoms with Crippen LogP contribution in [-0.2, 0) is 6.42 Å². The van der Waals surface area contributed by atoms with Crippen molar-refractivity contribution in [3.63, 3.8) is 0 Å². The minimum Gasteiger partial charge on any atom is -0.317 e. The molecule has 0 amide bonds. The van der Waals surface area contributed by atoms with E-state index < -0.39 is 0 Å². The summed E-state index contributed by atoms with van der Waals surface area (Å²) in [5, 5.41) is 12.6. The second kappa shape index (κ2) is 6.02. The lowest BCUT2D eigenvalue weighted by Crippen LogP contribution is -2.27. The molecule has 0 radical (unpaired) electrons. The van der Waals surface area contributed by atoms with E-state index in [1.165, 1.54) is 11.1 Å². The van der Waals surface area contributed by atoms with Crippen LogP contribution in [0.5, 0.6) is 0 Å². The maximum atomic E-state index is 9.26. The molecule has 18 heavy (non-hydrogen) atoms. The molecule has 1 heterocycles. The van der Waals surface area contributed by atoms with E-state index in [1.807, 2.05) is 6.07 Å². The van der Waals surface area contributed by atoms with Crippen LogP contribution in [0.2, 0.25) is 0 Å². The predicted molar refractivity (Wildman–Crippen MR) is 74.5 cm³/mol. The SMILES string of the molecule is CC(C)Cc1ccc(C#N)c(C2CCNCC2)c1. The van der Waals surface area contributed by atoms with Crippen LogP contribution in [0.1, 0.15) is 49.3 Å².